The number of benzene rings is 12. The van der Waals surface area contributed by atoms with E-state index < -0.39 is 144 Å². The fourth-order valence-electron chi connectivity index (χ4n) is 13.0. The van der Waals surface area contributed by atoms with Gasteiger partial charge in [0.05, 0.1) is 44.1 Å². The van der Waals surface area contributed by atoms with E-state index in [1.54, 1.807) is 77.5 Å². The Hall–Kier alpha value is -10.2. The van der Waals surface area contributed by atoms with Crippen LogP contribution in [0.3, 0.4) is 0 Å². The first-order valence-electron chi connectivity index (χ1n) is 40.1. The van der Waals surface area contributed by atoms with Crippen molar-refractivity contribution in [3.63, 3.8) is 0 Å². The van der Waals surface area contributed by atoms with E-state index in [0.717, 1.165) is 27.4 Å². The van der Waals surface area contributed by atoms with Crippen LogP contribution in [0.5, 0.6) is 11.5 Å². The van der Waals surface area contributed by atoms with E-state index in [0.29, 0.717) is 56.0 Å². The summed E-state index contributed by atoms with van der Waals surface area (Å²) in [5, 5.41) is -0.571. The first-order chi connectivity index (χ1) is 53.2. The van der Waals surface area contributed by atoms with E-state index in [1.807, 2.05) is 94.1 Å². The van der Waals surface area contributed by atoms with Crippen molar-refractivity contribution in [3.8, 4) is 84.3 Å². The molecule has 15 aromatic rings. The Morgan fingerprint density at radius 2 is 1.03 bits per heavy atom. The number of ether oxygens (including phenoxy) is 1. The van der Waals surface area contributed by atoms with Crippen LogP contribution in [-0.4, -0.2) is 22.2 Å². The summed E-state index contributed by atoms with van der Waals surface area (Å²) in [6.07, 6.45) is 5.53. The van der Waals surface area contributed by atoms with Gasteiger partial charge in [-0.05, 0) is 128 Å². The number of rotatable bonds is 10. The van der Waals surface area contributed by atoms with Crippen molar-refractivity contribution < 1.29 is 57.8 Å². The number of nitrogens with zero attached hydrogens (tertiary/aromatic N) is 4. The molecule has 0 atom stereocenters. The van der Waals surface area contributed by atoms with Gasteiger partial charge in [-0.3, -0.25) is 4.57 Å². The minimum Gasteiger partial charge on any atom is -0.510 e. The van der Waals surface area contributed by atoms with Gasteiger partial charge in [0.2, 0.25) is 0 Å². The monoisotopic (exact) mass is 1410 g/mol. The van der Waals surface area contributed by atoms with Crippen molar-refractivity contribution in [3.05, 3.63) is 320 Å². The third kappa shape index (κ3) is 10.1. The van der Waals surface area contributed by atoms with Gasteiger partial charge < -0.3 is 13.9 Å². The molecule has 0 saturated heterocycles. The number of aromatic nitrogens is 4. The van der Waals surface area contributed by atoms with Gasteiger partial charge in [-0.25, -0.2) is 4.98 Å². The molecule has 0 amide bonds. The molecule has 0 saturated carbocycles. The van der Waals surface area contributed by atoms with Crippen LogP contribution >= 0.6 is 0 Å². The number of hydrogen-bond donors (Lipinski definition) is 0. The van der Waals surface area contributed by atoms with Crippen LogP contribution in [0.1, 0.15) is 80.1 Å². The van der Waals surface area contributed by atoms with Crippen molar-refractivity contribution in [2.24, 2.45) is 0 Å². The third-order valence-corrected chi connectivity index (χ3v) is 21.5. The summed E-state index contributed by atoms with van der Waals surface area (Å²) in [5.74, 6) is 1.09. The maximum Gasteiger partial charge on any atom is 0.268 e. The van der Waals surface area contributed by atoms with Gasteiger partial charge in [0.15, 0.2) is 8.07 Å². The first kappa shape index (κ1) is 40.6. The Bertz CT molecular complexity index is 6320. The van der Waals surface area contributed by atoms with E-state index >= 15 is 0 Å². The Morgan fingerprint density at radius 1 is 0.452 bits per heavy atom. The summed E-state index contributed by atoms with van der Waals surface area (Å²) in [5.41, 5.74) is 7.76. The molecule has 16 rings (SSSR count). The Labute approximate surface area is 587 Å². The second kappa shape index (κ2) is 23.5. The molecule has 5 nitrogen and oxygen atoms in total. The van der Waals surface area contributed by atoms with Gasteiger partial charge in [-0.1, -0.05) is 283 Å². The average Bonchev–Trinajstić information content (AvgIpc) is 1.38. The predicted octanol–water partition coefficient (Wildman–Crippen LogP) is 18.2. The molecule has 0 spiro atoms. The average molecular weight is 1410 g/mol. The summed E-state index contributed by atoms with van der Waals surface area (Å²) in [6.45, 7) is 12.7. The summed E-state index contributed by atoms with van der Waals surface area (Å²) in [7, 11) is -5.99. The number of hydrogen-bond acceptors (Lipinski definition) is 2. The van der Waals surface area contributed by atoms with E-state index in [4.69, 9.17) is 17.9 Å². The molecular weight excluding hydrogens is 1330 g/mol. The smallest absolute Gasteiger partial charge is 0.268 e. The SMILES string of the molecule is [2H]c1c([2H])c([2H])c(-c2cccc3c2-c2ccccc2-c2cc([Si](c4c([2H])c([2H])c([2H])c([2H])c4[2H])(c4c([2H])c([2H])c([2H])c([2H])c4[2H])c4c([2H])c([2H])c([2H])c([2H])c4[2H])cc4c2[n+]([c-]n4-c2[c-]c(Oc4[c-]c5c(cc4)c4ccccc4n5-c4cc(C(C)(C)C)ccn4)ccc2)-c2c(-c4ccc(C(C)(C)C)cc4)cccc2-3)c([2H])c1[2H].[Pt]. The van der Waals surface area contributed by atoms with Crippen LogP contribution in [-0.2, 0) is 31.9 Å². The van der Waals surface area contributed by atoms with Crippen LogP contribution in [0.25, 0.3) is 106 Å². The van der Waals surface area contributed by atoms with Gasteiger partial charge in [0, 0.05) is 44.3 Å². The second-order valence-corrected chi connectivity index (χ2v) is 28.4. The molecule has 0 fully saturated rings. The molecule has 0 radical (unpaired) electrons. The van der Waals surface area contributed by atoms with Gasteiger partial charge in [0.25, 0.3) is 6.33 Å². The molecule has 1 aliphatic rings. The zero-order chi connectivity index (χ0) is 79.7. The second-order valence-electron chi connectivity index (χ2n) is 24.8. The number of para-hydroxylation sites is 2. The van der Waals surface area contributed by atoms with E-state index in [-0.39, 0.29) is 82.0 Å². The molecular formula is C86H66N4OPtSi-2. The maximum absolute atomic E-state index is 10.2. The van der Waals surface area contributed by atoms with Crippen molar-refractivity contribution in [1.82, 2.24) is 14.1 Å². The Morgan fingerprint density at radius 3 is 1.71 bits per heavy atom. The Balaban J connectivity index is 0.0000101. The summed E-state index contributed by atoms with van der Waals surface area (Å²) < 4.78 is 204. The first-order valence-corrected chi connectivity index (χ1v) is 32.1. The molecule has 93 heavy (non-hydrogen) atoms. The largest absolute Gasteiger partial charge is 0.510 e. The topological polar surface area (TPSA) is 35.9 Å². The molecule has 0 unspecified atom stereocenters. The fraction of sp³-hybridized carbons (Fsp3) is 0.0930. The minimum atomic E-state index is -5.99. The van der Waals surface area contributed by atoms with Crippen molar-refractivity contribution in [1.29, 1.82) is 0 Å². The summed E-state index contributed by atoms with van der Waals surface area (Å²) >= 11 is 0. The van der Waals surface area contributed by atoms with E-state index in [1.165, 1.54) is 6.07 Å². The van der Waals surface area contributed by atoms with Gasteiger partial charge >= 0.3 is 0 Å². The van der Waals surface area contributed by atoms with Gasteiger partial charge in [-0.2, -0.15) is 18.2 Å². The summed E-state index contributed by atoms with van der Waals surface area (Å²) in [6, 6.07) is 40.1. The predicted molar refractivity (Wildman–Crippen MR) is 382 cm³/mol. The quantitative estimate of drug-likeness (QED) is 0.0592. The van der Waals surface area contributed by atoms with E-state index in [9.17, 15) is 19.2 Å². The number of fused-ring (bicyclic) bond motifs is 10. The zero-order valence-electron chi connectivity index (χ0n) is 71.2. The number of pyridine rings is 1. The molecule has 4 heterocycles. The van der Waals surface area contributed by atoms with Crippen LogP contribution in [0.2, 0.25) is 0 Å². The van der Waals surface area contributed by atoms with Crippen molar-refractivity contribution >= 4 is 61.7 Å². The molecule has 7 heteroatoms. The van der Waals surface area contributed by atoms with Crippen LogP contribution in [0.4, 0.5) is 0 Å². The van der Waals surface area contributed by atoms with Crippen LogP contribution in [0, 0.1) is 18.5 Å². The normalized spacial score (nSPS) is 15.1. The third-order valence-electron chi connectivity index (χ3n) is 17.4. The molecule has 0 N–H and O–H groups in total. The maximum atomic E-state index is 10.2. The van der Waals surface area contributed by atoms with Crippen molar-refractivity contribution in [2.75, 3.05) is 0 Å². The zero-order valence-corrected chi connectivity index (χ0v) is 54.5. The molecule has 0 bridgehead atoms. The summed E-state index contributed by atoms with van der Waals surface area (Å²) in [4.78, 5) is 4.88. The molecule has 3 aromatic heterocycles. The Kier molecular flexibility index (Phi) is 10.2. The van der Waals surface area contributed by atoms with Crippen LogP contribution < -0.4 is 30.1 Å². The van der Waals surface area contributed by atoms with E-state index in [2.05, 4.69) is 66.1 Å². The van der Waals surface area contributed by atoms with Crippen LogP contribution in [0.15, 0.2) is 291 Å². The molecule has 452 valence electrons. The molecule has 12 aromatic carbocycles. The number of imidazole rings is 1. The standard InChI is InChI=1S/C86H66N4OSi.Pt/c1-85(2,3)60-46-44-59(45-47-60)70-40-25-42-76-75-41-24-39-69(58-26-11-7-12-27-58)82(75)74-38-20-19-36-71(74)77-55-68(92(65-30-13-8-14-31-65,66-32-15-9-16-33-66)67-34-17-10-18-35-67)56-80-84(77)89(83(70)76)57-88(80)62-28-23-29-63(53-62)91-64-48-49-73-72-37-21-22-43-78(72)90(79(73)54-64)81-52-61(50-51-87-81)86(4,5)6;/h7-52,55-56H,1-6H3;/q-2;/i7D,8D,9D,10D,11D,12D,13D,14D,15D,16D,17D,18D,26D,27D,30D,31D,32D,33D,34D,35D;. The molecule has 1 aliphatic heterocycles. The molecule has 0 aliphatic carbocycles. The fourth-order valence-corrected chi connectivity index (χ4v) is 16.9. The van der Waals surface area contributed by atoms with Gasteiger partial charge in [-0.15, -0.1) is 29.7 Å². The van der Waals surface area contributed by atoms with Gasteiger partial charge in [0.1, 0.15) is 5.82 Å². The minimum absolute atomic E-state index is 0. The van der Waals surface area contributed by atoms with Crippen molar-refractivity contribution in [2.45, 2.75) is 52.4 Å².